The summed E-state index contributed by atoms with van der Waals surface area (Å²) in [5, 5.41) is 0. The molecule has 1 fully saturated rings. The van der Waals surface area contributed by atoms with E-state index >= 15 is 0 Å². The van der Waals surface area contributed by atoms with Gasteiger partial charge in [0.05, 0.1) is 5.75 Å². The van der Waals surface area contributed by atoms with E-state index in [1.807, 2.05) is 19.9 Å². The van der Waals surface area contributed by atoms with E-state index in [1.54, 1.807) is 12.2 Å². The molecule has 1 atom stereocenters. The van der Waals surface area contributed by atoms with E-state index in [1.165, 1.54) is 4.31 Å². The van der Waals surface area contributed by atoms with Gasteiger partial charge in [0.25, 0.3) is 0 Å². The molecule has 0 bridgehead atoms. The van der Waals surface area contributed by atoms with Gasteiger partial charge in [0.2, 0.25) is 10.0 Å². The summed E-state index contributed by atoms with van der Waals surface area (Å²) < 4.78 is 25.5. The summed E-state index contributed by atoms with van der Waals surface area (Å²) in [5.41, 5.74) is 1.04. The highest BCUT2D eigenvalue weighted by molar-refractivity contribution is 7.89. The number of carbonyl (C=O) groups is 1. The minimum atomic E-state index is -3.27. The van der Waals surface area contributed by atoms with Crippen molar-refractivity contribution in [1.82, 2.24) is 4.31 Å². The molecule has 0 spiro atoms. The molecule has 5 heteroatoms. The van der Waals surface area contributed by atoms with Crippen LogP contribution in [-0.2, 0) is 14.8 Å². The van der Waals surface area contributed by atoms with Gasteiger partial charge in [-0.2, -0.15) is 0 Å². The number of carbonyl (C=O) groups excluding carboxylic acids is 1. The van der Waals surface area contributed by atoms with E-state index in [0.29, 0.717) is 13.1 Å². The fraction of sp³-hybridized carbons (Fsp3) is 0.615. The van der Waals surface area contributed by atoms with Crippen LogP contribution in [0.25, 0.3) is 0 Å². The molecule has 0 aliphatic carbocycles. The molecule has 1 rings (SSSR count). The van der Waals surface area contributed by atoms with Crippen LogP contribution in [0.4, 0.5) is 0 Å². The molecular formula is C13H21NO3S. The van der Waals surface area contributed by atoms with Crippen molar-refractivity contribution in [2.45, 2.75) is 26.7 Å². The topological polar surface area (TPSA) is 54.5 Å². The molecule has 0 saturated carbocycles. The molecule has 0 aromatic heterocycles. The van der Waals surface area contributed by atoms with Crippen LogP contribution >= 0.6 is 0 Å². The standard InChI is InChI=1S/C13H21NO3S/c1-3-12(2)6-5-9-18(16,17)14-8-4-7-13(10-14)11-15/h3,5-6,11,13H,4,7-10H2,1-2H3/b6-5-,12-3-. The zero-order valence-electron chi connectivity index (χ0n) is 11.0. The third-order valence-corrected chi connectivity index (χ3v) is 4.88. The average Bonchev–Trinajstić information content (AvgIpc) is 2.38. The minimum Gasteiger partial charge on any atom is -0.303 e. The third kappa shape index (κ3) is 4.38. The largest absolute Gasteiger partial charge is 0.303 e. The van der Waals surface area contributed by atoms with Crippen LogP contribution in [0, 0.1) is 5.92 Å². The van der Waals surface area contributed by atoms with Crippen molar-refractivity contribution in [2.24, 2.45) is 5.92 Å². The average molecular weight is 271 g/mol. The van der Waals surface area contributed by atoms with Gasteiger partial charge in [-0.1, -0.05) is 23.8 Å². The second-order valence-corrected chi connectivity index (χ2v) is 6.62. The number of piperidine rings is 1. The monoisotopic (exact) mass is 271 g/mol. The van der Waals surface area contributed by atoms with Gasteiger partial charge in [-0.15, -0.1) is 0 Å². The van der Waals surface area contributed by atoms with Crippen LogP contribution in [0.2, 0.25) is 0 Å². The quantitative estimate of drug-likeness (QED) is 0.565. The summed E-state index contributed by atoms with van der Waals surface area (Å²) in [4.78, 5) is 10.7. The van der Waals surface area contributed by atoms with Crippen molar-refractivity contribution in [2.75, 3.05) is 18.8 Å². The Labute approximate surface area is 109 Å². The molecule has 1 aliphatic rings. The van der Waals surface area contributed by atoms with Gasteiger partial charge in [-0.25, -0.2) is 12.7 Å². The molecule has 0 N–H and O–H groups in total. The van der Waals surface area contributed by atoms with E-state index < -0.39 is 10.0 Å². The fourth-order valence-corrected chi connectivity index (χ4v) is 3.27. The molecule has 1 aliphatic heterocycles. The van der Waals surface area contributed by atoms with E-state index in [-0.39, 0.29) is 11.7 Å². The van der Waals surface area contributed by atoms with Gasteiger partial charge in [0.1, 0.15) is 6.29 Å². The first-order chi connectivity index (χ1) is 8.49. The molecule has 0 aromatic carbocycles. The SMILES string of the molecule is C/C=C(C)\C=C/CS(=O)(=O)N1CCCC(C=O)C1. The molecule has 0 radical (unpaired) electrons. The number of hydrogen-bond acceptors (Lipinski definition) is 3. The Morgan fingerprint density at radius 1 is 1.44 bits per heavy atom. The summed E-state index contributed by atoms with van der Waals surface area (Å²) in [6.07, 6.45) is 7.81. The lowest BCUT2D eigenvalue weighted by molar-refractivity contribution is -0.112. The highest BCUT2D eigenvalue weighted by atomic mass is 32.2. The van der Waals surface area contributed by atoms with E-state index in [4.69, 9.17) is 0 Å². The number of rotatable bonds is 5. The minimum absolute atomic E-state index is 0.00373. The summed E-state index contributed by atoms with van der Waals surface area (Å²) >= 11 is 0. The first-order valence-electron chi connectivity index (χ1n) is 6.22. The van der Waals surface area contributed by atoms with Crippen molar-refractivity contribution < 1.29 is 13.2 Å². The van der Waals surface area contributed by atoms with E-state index in [9.17, 15) is 13.2 Å². The maximum absolute atomic E-state index is 12.1. The fourth-order valence-electron chi connectivity index (χ4n) is 1.89. The van der Waals surface area contributed by atoms with Crippen LogP contribution < -0.4 is 0 Å². The van der Waals surface area contributed by atoms with Crippen LogP contribution in [0.5, 0.6) is 0 Å². The summed E-state index contributed by atoms with van der Waals surface area (Å²) in [7, 11) is -3.27. The number of sulfonamides is 1. The first-order valence-corrected chi connectivity index (χ1v) is 7.83. The first kappa shape index (κ1) is 15.1. The van der Waals surface area contributed by atoms with Crippen molar-refractivity contribution >= 4 is 16.3 Å². The summed E-state index contributed by atoms with van der Waals surface area (Å²) in [6, 6.07) is 0. The molecule has 18 heavy (non-hydrogen) atoms. The van der Waals surface area contributed by atoms with E-state index in [0.717, 1.165) is 24.7 Å². The Hall–Kier alpha value is -0.940. The van der Waals surface area contributed by atoms with Gasteiger partial charge in [-0.3, -0.25) is 0 Å². The Bertz CT molecular complexity index is 437. The lowest BCUT2D eigenvalue weighted by atomic mass is 10.0. The predicted molar refractivity (Wildman–Crippen MR) is 72.7 cm³/mol. The highest BCUT2D eigenvalue weighted by Crippen LogP contribution is 2.18. The molecule has 4 nitrogen and oxygen atoms in total. The van der Waals surface area contributed by atoms with Gasteiger partial charge >= 0.3 is 0 Å². The number of hydrogen-bond donors (Lipinski definition) is 0. The van der Waals surface area contributed by atoms with Crippen molar-refractivity contribution in [1.29, 1.82) is 0 Å². The third-order valence-electron chi connectivity index (χ3n) is 3.15. The summed E-state index contributed by atoms with van der Waals surface area (Å²) in [6.45, 7) is 4.70. The molecule has 0 amide bonds. The second kappa shape index (κ2) is 6.85. The van der Waals surface area contributed by atoms with Gasteiger partial charge in [-0.05, 0) is 26.7 Å². The van der Waals surface area contributed by atoms with Crippen molar-refractivity contribution in [3.63, 3.8) is 0 Å². The van der Waals surface area contributed by atoms with Crippen LogP contribution in [0.15, 0.2) is 23.8 Å². The van der Waals surface area contributed by atoms with Gasteiger partial charge in [0, 0.05) is 19.0 Å². The zero-order chi connectivity index (χ0) is 13.6. The van der Waals surface area contributed by atoms with E-state index in [2.05, 4.69) is 0 Å². The Kier molecular flexibility index (Phi) is 5.75. The molecular weight excluding hydrogens is 250 g/mol. The second-order valence-electron chi connectivity index (χ2n) is 4.61. The van der Waals surface area contributed by atoms with Crippen molar-refractivity contribution in [3.05, 3.63) is 23.8 Å². The molecule has 1 unspecified atom stereocenters. The lowest BCUT2D eigenvalue weighted by Crippen LogP contribution is -2.41. The van der Waals surface area contributed by atoms with Crippen molar-refractivity contribution in [3.8, 4) is 0 Å². The maximum atomic E-state index is 12.1. The summed E-state index contributed by atoms with van der Waals surface area (Å²) in [5.74, 6) is -0.140. The zero-order valence-corrected chi connectivity index (χ0v) is 11.8. The Balaban J connectivity index is 2.63. The Morgan fingerprint density at radius 2 is 2.17 bits per heavy atom. The smallest absolute Gasteiger partial charge is 0.217 e. The molecule has 1 saturated heterocycles. The number of aldehydes is 1. The molecule has 1 heterocycles. The van der Waals surface area contributed by atoms with Gasteiger partial charge in [0.15, 0.2) is 0 Å². The van der Waals surface area contributed by atoms with Crippen LogP contribution in [0.3, 0.4) is 0 Å². The maximum Gasteiger partial charge on any atom is 0.217 e. The molecule has 102 valence electrons. The number of nitrogens with zero attached hydrogens (tertiary/aromatic N) is 1. The van der Waals surface area contributed by atoms with Crippen LogP contribution in [-0.4, -0.2) is 37.9 Å². The number of allylic oxidation sites excluding steroid dienone is 3. The normalized spacial score (nSPS) is 23.4. The lowest BCUT2D eigenvalue weighted by Gasteiger charge is -2.28. The van der Waals surface area contributed by atoms with Gasteiger partial charge < -0.3 is 4.79 Å². The molecule has 0 aromatic rings. The highest BCUT2D eigenvalue weighted by Gasteiger charge is 2.27. The van der Waals surface area contributed by atoms with Crippen LogP contribution in [0.1, 0.15) is 26.7 Å². The predicted octanol–water partition coefficient (Wildman–Crippen LogP) is 1.75. The Morgan fingerprint density at radius 3 is 2.78 bits per heavy atom.